The molecule has 0 bridgehead atoms. The second-order valence-corrected chi connectivity index (χ2v) is 5.12. The Morgan fingerprint density at radius 2 is 1.38 bits per heavy atom. The Kier molecular flexibility index (Phi) is 4.32. The first-order valence-corrected chi connectivity index (χ1v) is 6.83. The Morgan fingerprint density at radius 3 is 1.90 bits per heavy atom. The third-order valence-corrected chi connectivity index (χ3v) is 3.68. The maximum Gasteiger partial charge on any atom is 0.193 e. The number of carbonyl (C=O) groups excluding carboxylic acids is 1. The number of methoxy groups -OCH3 is 2. The number of ether oxygens (including phenoxy) is 2. The van der Waals surface area contributed by atoms with Crippen molar-refractivity contribution in [3.05, 3.63) is 58.1 Å². The maximum atomic E-state index is 12.9. The lowest BCUT2D eigenvalue weighted by molar-refractivity contribution is 0.103. The van der Waals surface area contributed by atoms with E-state index in [1.807, 2.05) is 45.0 Å². The molecule has 0 saturated heterocycles. The largest absolute Gasteiger partial charge is 0.493 e. The van der Waals surface area contributed by atoms with Crippen LogP contribution in [0.1, 0.15) is 32.6 Å². The summed E-state index contributed by atoms with van der Waals surface area (Å²) in [6.45, 7) is 5.81. The van der Waals surface area contributed by atoms with Gasteiger partial charge in [-0.15, -0.1) is 0 Å². The van der Waals surface area contributed by atoms with E-state index < -0.39 is 0 Å². The monoisotopic (exact) mass is 284 g/mol. The van der Waals surface area contributed by atoms with Gasteiger partial charge in [0, 0.05) is 11.1 Å². The fourth-order valence-electron chi connectivity index (χ4n) is 2.53. The summed E-state index contributed by atoms with van der Waals surface area (Å²) < 4.78 is 10.6. The lowest BCUT2D eigenvalue weighted by atomic mass is 9.92. The normalized spacial score (nSPS) is 10.3. The number of rotatable bonds is 4. The minimum Gasteiger partial charge on any atom is -0.493 e. The smallest absolute Gasteiger partial charge is 0.193 e. The maximum absolute atomic E-state index is 12.9. The Balaban J connectivity index is 2.59. The molecule has 3 nitrogen and oxygen atoms in total. The fraction of sp³-hybridized carbons (Fsp3) is 0.278. The Hall–Kier alpha value is -2.29. The summed E-state index contributed by atoms with van der Waals surface area (Å²) in [7, 11) is 3.16. The SMILES string of the molecule is COc1cc(C)c(C(=O)c2c(C)cccc2C)cc1OC. The van der Waals surface area contributed by atoms with Gasteiger partial charge in [0.25, 0.3) is 0 Å². The summed E-state index contributed by atoms with van der Waals surface area (Å²) >= 11 is 0. The summed E-state index contributed by atoms with van der Waals surface area (Å²) in [5.41, 5.74) is 4.24. The van der Waals surface area contributed by atoms with Crippen LogP contribution in [0.5, 0.6) is 11.5 Å². The van der Waals surface area contributed by atoms with Crippen molar-refractivity contribution >= 4 is 5.78 Å². The van der Waals surface area contributed by atoms with Crippen LogP contribution >= 0.6 is 0 Å². The predicted molar refractivity (Wildman–Crippen MR) is 83.6 cm³/mol. The zero-order valence-electron chi connectivity index (χ0n) is 13.1. The van der Waals surface area contributed by atoms with Crippen LogP contribution in [0.3, 0.4) is 0 Å². The van der Waals surface area contributed by atoms with Crippen molar-refractivity contribution in [3.8, 4) is 11.5 Å². The second kappa shape index (κ2) is 6.00. The van der Waals surface area contributed by atoms with Crippen LogP contribution in [0.15, 0.2) is 30.3 Å². The quantitative estimate of drug-likeness (QED) is 0.800. The number of benzene rings is 2. The van der Waals surface area contributed by atoms with Crippen molar-refractivity contribution < 1.29 is 14.3 Å². The van der Waals surface area contributed by atoms with Crippen LogP contribution in [0, 0.1) is 20.8 Å². The molecule has 2 aromatic rings. The third-order valence-electron chi connectivity index (χ3n) is 3.68. The minimum atomic E-state index is 0.0176. The second-order valence-electron chi connectivity index (χ2n) is 5.12. The van der Waals surface area contributed by atoms with Gasteiger partial charge in [-0.1, -0.05) is 18.2 Å². The number of ketones is 1. The molecule has 0 N–H and O–H groups in total. The summed E-state index contributed by atoms with van der Waals surface area (Å²) in [5, 5.41) is 0. The molecule has 0 aliphatic carbocycles. The average molecular weight is 284 g/mol. The van der Waals surface area contributed by atoms with Gasteiger partial charge < -0.3 is 9.47 Å². The molecular formula is C18H20O3. The molecule has 0 aromatic heterocycles. The van der Waals surface area contributed by atoms with Gasteiger partial charge in [0.15, 0.2) is 17.3 Å². The van der Waals surface area contributed by atoms with Gasteiger partial charge in [-0.05, 0) is 49.6 Å². The van der Waals surface area contributed by atoms with Crippen molar-refractivity contribution in [2.75, 3.05) is 14.2 Å². The molecule has 0 heterocycles. The van der Waals surface area contributed by atoms with Crippen molar-refractivity contribution in [1.82, 2.24) is 0 Å². The molecule has 2 aromatic carbocycles. The van der Waals surface area contributed by atoms with Gasteiger partial charge >= 0.3 is 0 Å². The highest BCUT2D eigenvalue weighted by atomic mass is 16.5. The predicted octanol–water partition coefficient (Wildman–Crippen LogP) is 3.86. The number of hydrogen-bond donors (Lipinski definition) is 0. The zero-order chi connectivity index (χ0) is 15.6. The van der Waals surface area contributed by atoms with Crippen LogP contribution < -0.4 is 9.47 Å². The number of aryl methyl sites for hydroxylation is 3. The molecule has 0 unspecified atom stereocenters. The van der Waals surface area contributed by atoms with Gasteiger partial charge in [-0.2, -0.15) is 0 Å². The number of carbonyl (C=O) groups is 1. The van der Waals surface area contributed by atoms with Crippen LogP contribution in [0.25, 0.3) is 0 Å². The molecule has 0 amide bonds. The molecule has 2 rings (SSSR count). The summed E-state index contributed by atoms with van der Waals surface area (Å²) in [6.07, 6.45) is 0. The van der Waals surface area contributed by atoms with E-state index in [0.717, 1.165) is 22.3 Å². The molecule has 0 aliphatic rings. The molecule has 0 radical (unpaired) electrons. The first kappa shape index (κ1) is 15.1. The van der Waals surface area contributed by atoms with Crippen LogP contribution in [-0.4, -0.2) is 20.0 Å². The van der Waals surface area contributed by atoms with Crippen LogP contribution in [-0.2, 0) is 0 Å². The molecule has 0 fully saturated rings. The Morgan fingerprint density at radius 1 is 0.857 bits per heavy atom. The van der Waals surface area contributed by atoms with Crippen molar-refractivity contribution in [3.63, 3.8) is 0 Å². The summed E-state index contributed by atoms with van der Waals surface area (Å²) in [4.78, 5) is 12.9. The number of hydrogen-bond acceptors (Lipinski definition) is 3. The van der Waals surface area contributed by atoms with Gasteiger partial charge in [-0.25, -0.2) is 0 Å². The topological polar surface area (TPSA) is 35.5 Å². The molecule has 0 atom stereocenters. The lowest BCUT2D eigenvalue weighted by Gasteiger charge is -2.14. The molecule has 3 heteroatoms. The molecule has 0 aliphatic heterocycles. The van der Waals surface area contributed by atoms with Gasteiger partial charge in [-0.3, -0.25) is 4.79 Å². The van der Waals surface area contributed by atoms with E-state index >= 15 is 0 Å². The van der Waals surface area contributed by atoms with Crippen LogP contribution in [0.2, 0.25) is 0 Å². The third kappa shape index (κ3) is 2.77. The first-order chi connectivity index (χ1) is 9.99. The fourth-order valence-corrected chi connectivity index (χ4v) is 2.53. The molecular weight excluding hydrogens is 264 g/mol. The van der Waals surface area contributed by atoms with Crippen molar-refractivity contribution in [1.29, 1.82) is 0 Å². The van der Waals surface area contributed by atoms with Crippen molar-refractivity contribution in [2.24, 2.45) is 0 Å². The summed E-state index contributed by atoms with van der Waals surface area (Å²) in [6, 6.07) is 9.46. The van der Waals surface area contributed by atoms with E-state index in [2.05, 4.69) is 0 Å². The van der Waals surface area contributed by atoms with E-state index in [1.54, 1.807) is 20.3 Å². The standard InChI is InChI=1S/C18H20O3/c1-11-7-6-8-12(2)17(11)18(19)14-10-16(21-5)15(20-4)9-13(14)3/h6-10H,1-5H3. The highest BCUT2D eigenvalue weighted by molar-refractivity contribution is 6.12. The van der Waals surface area contributed by atoms with Gasteiger partial charge in [0.1, 0.15) is 0 Å². The minimum absolute atomic E-state index is 0.0176. The molecule has 0 spiro atoms. The van der Waals surface area contributed by atoms with Crippen molar-refractivity contribution in [2.45, 2.75) is 20.8 Å². The Bertz CT molecular complexity index is 667. The molecule has 0 saturated carbocycles. The zero-order valence-corrected chi connectivity index (χ0v) is 13.1. The van der Waals surface area contributed by atoms with E-state index in [4.69, 9.17) is 9.47 Å². The van der Waals surface area contributed by atoms with Gasteiger partial charge in [0.2, 0.25) is 0 Å². The van der Waals surface area contributed by atoms with E-state index in [0.29, 0.717) is 17.1 Å². The van der Waals surface area contributed by atoms with E-state index in [1.165, 1.54) is 0 Å². The first-order valence-electron chi connectivity index (χ1n) is 6.83. The van der Waals surface area contributed by atoms with Crippen LogP contribution in [0.4, 0.5) is 0 Å². The van der Waals surface area contributed by atoms with E-state index in [9.17, 15) is 4.79 Å². The highest BCUT2D eigenvalue weighted by Gasteiger charge is 2.19. The van der Waals surface area contributed by atoms with E-state index in [-0.39, 0.29) is 5.78 Å². The molecule has 21 heavy (non-hydrogen) atoms. The highest BCUT2D eigenvalue weighted by Crippen LogP contribution is 2.32. The Labute approximate surface area is 125 Å². The summed E-state index contributed by atoms with van der Waals surface area (Å²) in [5.74, 6) is 1.22. The van der Waals surface area contributed by atoms with Gasteiger partial charge in [0.05, 0.1) is 14.2 Å². The molecule has 110 valence electrons. The average Bonchev–Trinajstić information content (AvgIpc) is 2.46. The lowest BCUT2D eigenvalue weighted by Crippen LogP contribution is -2.08.